The van der Waals surface area contributed by atoms with E-state index in [1.165, 1.54) is 11.3 Å². The molecule has 0 fully saturated rings. The summed E-state index contributed by atoms with van der Waals surface area (Å²) < 4.78 is 0.651. The van der Waals surface area contributed by atoms with Gasteiger partial charge in [0.2, 0.25) is 0 Å². The molecule has 3 aromatic heterocycles. The lowest BCUT2D eigenvalue weighted by molar-refractivity contribution is 0.0997. The van der Waals surface area contributed by atoms with Gasteiger partial charge in [0, 0.05) is 18.0 Å². The van der Waals surface area contributed by atoms with Gasteiger partial charge < -0.3 is 5.73 Å². The van der Waals surface area contributed by atoms with Gasteiger partial charge in [-0.15, -0.1) is 11.3 Å². The molecule has 3 aromatic rings. The Morgan fingerprint density at radius 1 is 1.39 bits per heavy atom. The van der Waals surface area contributed by atoms with Gasteiger partial charge in [0.25, 0.3) is 5.91 Å². The molecule has 18 heavy (non-hydrogen) atoms. The van der Waals surface area contributed by atoms with E-state index in [9.17, 15) is 4.79 Å². The van der Waals surface area contributed by atoms with Crippen LogP contribution in [0.5, 0.6) is 0 Å². The van der Waals surface area contributed by atoms with Crippen molar-refractivity contribution in [2.24, 2.45) is 5.73 Å². The molecule has 0 spiro atoms. The van der Waals surface area contributed by atoms with E-state index in [0.29, 0.717) is 21.2 Å². The number of primary amides is 1. The first-order valence-electron chi connectivity index (χ1n) is 5.09. The van der Waals surface area contributed by atoms with Crippen LogP contribution in [0.15, 0.2) is 12.4 Å². The molecule has 0 saturated carbocycles. The number of amides is 1. The fraction of sp³-hybridized carbons (Fsp3) is 0.100. The third-order valence-electron chi connectivity index (χ3n) is 2.38. The summed E-state index contributed by atoms with van der Waals surface area (Å²) in [6.45, 7) is 1.81. The highest BCUT2D eigenvalue weighted by atomic mass is 32.1. The third kappa shape index (κ3) is 1.63. The Kier molecular flexibility index (Phi) is 2.30. The Hall–Kier alpha value is -2.35. The number of nitrogens with zero attached hydrogens (tertiary/aromatic N) is 4. The Morgan fingerprint density at radius 3 is 2.78 bits per heavy atom. The standard InChI is InChI=1S/C10H8N6OS/c1-4-12-2-5(3-13-4)10-14-9-7(18-10)6(8(11)17)15-16-9/h2-3H,1H3,(H2,11,17)(H,15,16). The second-order valence-electron chi connectivity index (χ2n) is 3.65. The van der Waals surface area contributed by atoms with E-state index < -0.39 is 5.91 Å². The van der Waals surface area contributed by atoms with Gasteiger partial charge in [-0.25, -0.2) is 15.0 Å². The molecule has 8 heteroatoms. The van der Waals surface area contributed by atoms with Crippen molar-refractivity contribution in [2.45, 2.75) is 6.92 Å². The molecule has 0 aliphatic carbocycles. The number of nitrogens with two attached hydrogens (primary N) is 1. The number of hydrogen-bond acceptors (Lipinski definition) is 6. The Morgan fingerprint density at radius 2 is 2.11 bits per heavy atom. The zero-order chi connectivity index (χ0) is 12.7. The van der Waals surface area contributed by atoms with Crippen LogP contribution in [0.2, 0.25) is 0 Å². The van der Waals surface area contributed by atoms with Crippen molar-refractivity contribution in [1.82, 2.24) is 25.1 Å². The van der Waals surface area contributed by atoms with E-state index in [-0.39, 0.29) is 5.69 Å². The molecule has 0 aliphatic heterocycles. The number of thiazole rings is 1. The van der Waals surface area contributed by atoms with Crippen LogP contribution in [0.3, 0.4) is 0 Å². The molecule has 7 nitrogen and oxygen atoms in total. The van der Waals surface area contributed by atoms with Crippen LogP contribution in [0, 0.1) is 6.92 Å². The SMILES string of the molecule is Cc1ncc(-c2nc3n[nH]c(C(N)=O)c3s2)cn1. The average molecular weight is 260 g/mol. The lowest BCUT2D eigenvalue weighted by Gasteiger charge is -1.94. The van der Waals surface area contributed by atoms with Crippen molar-refractivity contribution in [3.05, 3.63) is 23.9 Å². The minimum atomic E-state index is -0.548. The summed E-state index contributed by atoms with van der Waals surface area (Å²) in [7, 11) is 0. The van der Waals surface area contributed by atoms with Crippen molar-refractivity contribution >= 4 is 27.6 Å². The predicted molar refractivity (Wildman–Crippen MR) is 66.0 cm³/mol. The van der Waals surface area contributed by atoms with Crippen LogP contribution >= 0.6 is 11.3 Å². The highest BCUT2D eigenvalue weighted by molar-refractivity contribution is 7.22. The highest BCUT2D eigenvalue weighted by Crippen LogP contribution is 2.30. The third-order valence-corrected chi connectivity index (χ3v) is 3.50. The second kappa shape index (κ2) is 3.84. The van der Waals surface area contributed by atoms with E-state index in [1.807, 2.05) is 6.92 Å². The number of H-pyrrole nitrogens is 1. The molecule has 3 N–H and O–H groups in total. The summed E-state index contributed by atoms with van der Waals surface area (Å²) in [4.78, 5) is 23.7. The molecule has 0 atom stereocenters. The maximum Gasteiger partial charge on any atom is 0.268 e. The van der Waals surface area contributed by atoms with Gasteiger partial charge in [-0.2, -0.15) is 5.10 Å². The van der Waals surface area contributed by atoms with Gasteiger partial charge in [0.1, 0.15) is 21.2 Å². The van der Waals surface area contributed by atoms with Crippen molar-refractivity contribution in [3.8, 4) is 10.6 Å². The zero-order valence-corrected chi connectivity index (χ0v) is 10.2. The number of nitrogens with one attached hydrogen (secondary N) is 1. The molecule has 3 rings (SSSR count). The number of fused-ring (bicyclic) bond motifs is 1. The number of carbonyl (C=O) groups is 1. The first-order chi connectivity index (χ1) is 8.65. The van der Waals surface area contributed by atoms with Crippen LogP contribution < -0.4 is 5.73 Å². The summed E-state index contributed by atoms with van der Waals surface area (Å²) in [6.07, 6.45) is 3.38. The number of aryl methyl sites for hydroxylation is 1. The summed E-state index contributed by atoms with van der Waals surface area (Å²) in [5.74, 6) is 0.145. The predicted octanol–water partition coefficient (Wildman–Crippen LogP) is 0.884. The molecule has 3 heterocycles. The molecular weight excluding hydrogens is 252 g/mol. The largest absolute Gasteiger partial charge is 0.364 e. The smallest absolute Gasteiger partial charge is 0.268 e. The fourth-order valence-electron chi connectivity index (χ4n) is 1.50. The number of rotatable bonds is 2. The number of aromatic amines is 1. The molecule has 0 radical (unpaired) electrons. The Balaban J connectivity index is 2.13. The van der Waals surface area contributed by atoms with Crippen LogP contribution in [0.25, 0.3) is 20.9 Å². The van der Waals surface area contributed by atoms with E-state index in [1.54, 1.807) is 12.4 Å². The molecule has 0 saturated heterocycles. The average Bonchev–Trinajstić information content (AvgIpc) is 2.88. The van der Waals surface area contributed by atoms with Gasteiger partial charge in [0.05, 0.1) is 0 Å². The lowest BCUT2D eigenvalue weighted by atomic mass is 10.3. The number of carbonyl (C=O) groups excluding carboxylic acids is 1. The first kappa shape index (κ1) is 10.8. The molecule has 0 bridgehead atoms. The highest BCUT2D eigenvalue weighted by Gasteiger charge is 2.16. The van der Waals surface area contributed by atoms with Gasteiger partial charge in [0.15, 0.2) is 5.65 Å². The summed E-state index contributed by atoms with van der Waals surface area (Å²) in [5, 5.41) is 7.22. The molecule has 90 valence electrons. The Bertz CT molecular complexity index is 728. The minimum Gasteiger partial charge on any atom is -0.364 e. The maximum atomic E-state index is 11.2. The van der Waals surface area contributed by atoms with Gasteiger partial charge in [-0.3, -0.25) is 9.89 Å². The minimum absolute atomic E-state index is 0.279. The Labute approximate surface area is 105 Å². The van der Waals surface area contributed by atoms with Gasteiger partial charge in [-0.05, 0) is 6.92 Å². The molecule has 1 amide bonds. The summed E-state index contributed by atoms with van der Waals surface area (Å²) >= 11 is 1.33. The van der Waals surface area contributed by atoms with Crippen molar-refractivity contribution in [2.75, 3.05) is 0 Å². The maximum absolute atomic E-state index is 11.2. The van der Waals surface area contributed by atoms with Crippen LogP contribution in [0.1, 0.15) is 16.3 Å². The number of hydrogen-bond donors (Lipinski definition) is 2. The first-order valence-corrected chi connectivity index (χ1v) is 5.90. The van der Waals surface area contributed by atoms with E-state index >= 15 is 0 Å². The summed E-state index contributed by atoms with van der Waals surface area (Å²) in [6, 6.07) is 0. The van der Waals surface area contributed by atoms with Gasteiger partial charge in [-0.1, -0.05) is 0 Å². The molecule has 0 aliphatic rings. The van der Waals surface area contributed by atoms with Crippen molar-refractivity contribution < 1.29 is 4.79 Å². The summed E-state index contributed by atoms with van der Waals surface area (Å²) in [5.41, 5.74) is 6.78. The van der Waals surface area contributed by atoms with Crippen LogP contribution in [-0.2, 0) is 0 Å². The number of aromatic nitrogens is 5. The molecular formula is C10H8N6OS. The van der Waals surface area contributed by atoms with Crippen molar-refractivity contribution in [1.29, 1.82) is 0 Å². The monoisotopic (exact) mass is 260 g/mol. The topological polar surface area (TPSA) is 110 Å². The zero-order valence-electron chi connectivity index (χ0n) is 9.34. The lowest BCUT2D eigenvalue weighted by Crippen LogP contribution is -2.11. The van der Waals surface area contributed by atoms with Crippen molar-refractivity contribution in [3.63, 3.8) is 0 Å². The van der Waals surface area contributed by atoms with Crippen LogP contribution in [-0.4, -0.2) is 31.1 Å². The van der Waals surface area contributed by atoms with Gasteiger partial charge >= 0.3 is 0 Å². The normalized spacial score (nSPS) is 10.9. The van der Waals surface area contributed by atoms with E-state index in [2.05, 4.69) is 25.1 Å². The molecule has 0 unspecified atom stereocenters. The van der Waals surface area contributed by atoms with E-state index in [0.717, 1.165) is 5.56 Å². The fourth-order valence-corrected chi connectivity index (χ4v) is 2.48. The van der Waals surface area contributed by atoms with E-state index in [4.69, 9.17) is 5.73 Å². The molecule has 0 aromatic carbocycles. The van der Waals surface area contributed by atoms with Crippen LogP contribution in [0.4, 0.5) is 0 Å². The quantitative estimate of drug-likeness (QED) is 0.710. The second-order valence-corrected chi connectivity index (χ2v) is 4.65.